The van der Waals surface area contributed by atoms with Crippen molar-refractivity contribution < 1.29 is 0 Å². The van der Waals surface area contributed by atoms with E-state index in [9.17, 15) is 0 Å². The zero-order valence-corrected chi connectivity index (χ0v) is 14.9. The van der Waals surface area contributed by atoms with Gasteiger partial charge in [0, 0.05) is 21.9 Å². The van der Waals surface area contributed by atoms with E-state index in [1.54, 1.807) is 11.3 Å². The number of rotatable bonds is 7. The van der Waals surface area contributed by atoms with Gasteiger partial charge in [-0.3, -0.25) is 4.90 Å². The summed E-state index contributed by atoms with van der Waals surface area (Å²) in [7, 11) is 2.14. The van der Waals surface area contributed by atoms with Crippen LogP contribution in [0.25, 0.3) is 0 Å². The standard InChI is InChI=1S/C12H20BrClN2S2/c1-8(4-5-17-3)16(2)10(7-15)11-6-9(13)12(14)18-11/h6,8,10H,4-5,7,15H2,1-3H3. The van der Waals surface area contributed by atoms with Crippen molar-refractivity contribution in [3.63, 3.8) is 0 Å². The molecule has 0 aliphatic heterocycles. The van der Waals surface area contributed by atoms with Crippen LogP contribution in [-0.2, 0) is 0 Å². The number of thiophene rings is 1. The maximum atomic E-state index is 6.11. The first kappa shape index (κ1) is 16.8. The third-order valence-corrected chi connectivity index (χ3v) is 6.36. The fourth-order valence-corrected chi connectivity index (χ4v) is 4.29. The Morgan fingerprint density at radius 1 is 1.61 bits per heavy atom. The van der Waals surface area contributed by atoms with Crippen LogP contribution in [0.1, 0.15) is 24.3 Å². The van der Waals surface area contributed by atoms with Gasteiger partial charge in [0.25, 0.3) is 0 Å². The van der Waals surface area contributed by atoms with Crippen molar-refractivity contribution in [2.45, 2.75) is 25.4 Å². The first-order valence-corrected chi connectivity index (χ1v) is 9.25. The Bertz CT molecular complexity index is 353. The van der Waals surface area contributed by atoms with Crippen molar-refractivity contribution in [2.75, 3.05) is 25.6 Å². The Morgan fingerprint density at radius 2 is 2.28 bits per heavy atom. The summed E-state index contributed by atoms with van der Waals surface area (Å²) < 4.78 is 1.77. The topological polar surface area (TPSA) is 29.3 Å². The molecule has 1 aromatic heterocycles. The predicted molar refractivity (Wildman–Crippen MR) is 89.0 cm³/mol. The van der Waals surface area contributed by atoms with Gasteiger partial charge in [-0.1, -0.05) is 11.6 Å². The van der Waals surface area contributed by atoms with Crippen LogP contribution < -0.4 is 5.73 Å². The number of hydrogen-bond donors (Lipinski definition) is 1. The van der Waals surface area contributed by atoms with Gasteiger partial charge in [-0.25, -0.2) is 0 Å². The molecule has 1 rings (SSSR count). The molecule has 104 valence electrons. The molecule has 2 N–H and O–H groups in total. The van der Waals surface area contributed by atoms with Gasteiger partial charge < -0.3 is 5.73 Å². The highest BCUT2D eigenvalue weighted by Crippen LogP contribution is 2.37. The minimum atomic E-state index is 0.246. The molecule has 1 heterocycles. The van der Waals surface area contributed by atoms with Crippen LogP contribution >= 0.6 is 50.6 Å². The lowest BCUT2D eigenvalue weighted by Gasteiger charge is -2.31. The number of likely N-dealkylation sites (N-methyl/N-ethyl adjacent to an activating group) is 1. The van der Waals surface area contributed by atoms with Crippen LogP contribution in [0.5, 0.6) is 0 Å². The minimum Gasteiger partial charge on any atom is -0.329 e. The van der Waals surface area contributed by atoms with Crippen LogP contribution in [0, 0.1) is 0 Å². The summed E-state index contributed by atoms with van der Waals surface area (Å²) in [5.74, 6) is 1.18. The van der Waals surface area contributed by atoms with Crippen molar-refractivity contribution in [1.29, 1.82) is 0 Å². The van der Waals surface area contributed by atoms with Crippen molar-refractivity contribution in [2.24, 2.45) is 5.73 Å². The van der Waals surface area contributed by atoms with Gasteiger partial charge in [0.1, 0.15) is 4.34 Å². The zero-order chi connectivity index (χ0) is 13.7. The molecule has 2 nitrogen and oxygen atoms in total. The highest BCUT2D eigenvalue weighted by atomic mass is 79.9. The second kappa shape index (κ2) is 8.12. The third kappa shape index (κ3) is 4.39. The number of hydrogen-bond acceptors (Lipinski definition) is 4. The monoisotopic (exact) mass is 370 g/mol. The largest absolute Gasteiger partial charge is 0.329 e. The summed E-state index contributed by atoms with van der Waals surface area (Å²) in [6.45, 7) is 2.87. The van der Waals surface area contributed by atoms with Gasteiger partial charge in [-0.05, 0) is 54.4 Å². The SMILES string of the molecule is CSCCC(C)N(C)C(CN)c1cc(Br)c(Cl)s1. The molecule has 6 heteroatoms. The van der Waals surface area contributed by atoms with E-state index >= 15 is 0 Å². The van der Waals surface area contributed by atoms with Gasteiger partial charge in [0.15, 0.2) is 0 Å². The molecular weight excluding hydrogens is 352 g/mol. The molecule has 1 aromatic rings. The van der Waals surface area contributed by atoms with E-state index in [0.29, 0.717) is 12.6 Å². The molecule has 0 saturated carbocycles. The van der Waals surface area contributed by atoms with Gasteiger partial charge in [0.2, 0.25) is 0 Å². The number of nitrogens with two attached hydrogens (primary N) is 1. The Hall–Kier alpha value is 0.740. The lowest BCUT2D eigenvalue weighted by molar-refractivity contribution is 0.188. The second-order valence-corrected chi connectivity index (χ2v) is 7.84. The summed E-state index contributed by atoms with van der Waals surface area (Å²) in [4.78, 5) is 3.58. The van der Waals surface area contributed by atoms with Gasteiger partial charge in [-0.2, -0.15) is 11.8 Å². The molecule has 0 saturated heterocycles. The van der Waals surface area contributed by atoms with Crippen molar-refractivity contribution in [3.05, 3.63) is 19.8 Å². The summed E-state index contributed by atoms with van der Waals surface area (Å²) in [5.41, 5.74) is 5.93. The maximum Gasteiger partial charge on any atom is 0.107 e. The summed E-state index contributed by atoms with van der Waals surface area (Å²) in [6.07, 6.45) is 3.32. The lowest BCUT2D eigenvalue weighted by atomic mass is 10.1. The molecule has 0 amide bonds. The van der Waals surface area contributed by atoms with Gasteiger partial charge >= 0.3 is 0 Å². The van der Waals surface area contributed by atoms with Crippen LogP contribution in [0.2, 0.25) is 4.34 Å². The Labute approximate surface area is 131 Å². The van der Waals surface area contributed by atoms with Crippen molar-refractivity contribution >= 4 is 50.6 Å². The summed E-state index contributed by atoms with van der Waals surface area (Å²) >= 11 is 13.1. The fraction of sp³-hybridized carbons (Fsp3) is 0.667. The Balaban J connectivity index is 2.76. The van der Waals surface area contributed by atoms with Gasteiger partial charge in [0.05, 0.1) is 6.04 Å². The molecule has 18 heavy (non-hydrogen) atoms. The average Bonchev–Trinajstić information content (AvgIpc) is 2.67. The summed E-state index contributed by atoms with van der Waals surface area (Å²) in [6, 6.07) is 2.85. The smallest absolute Gasteiger partial charge is 0.107 e. The van der Waals surface area contributed by atoms with Crippen LogP contribution in [-0.4, -0.2) is 36.5 Å². The average molecular weight is 372 g/mol. The minimum absolute atomic E-state index is 0.246. The van der Waals surface area contributed by atoms with Gasteiger partial charge in [-0.15, -0.1) is 11.3 Å². The molecule has 0 aromatic carbocycles. The molecule has 2 unspecified atom stereocenters. The predicted octanol–water partition coefficient (Wildman–Crippen LogP) is 4.24. The van der Waals surface area contributed by atoms with E-state index in [0.717, 1.165) is 8.81 Å². The number of thioether (sulfide) groups is 1. The number of halogens is 2. The summed E-state index contributed by atoms with van der Waals surface area (Å²) in [5, 5.41) is 0. The number of nitrogens with zero attached hydrogens (tertiary/aromatic N) is 1. The fourth-order valence-electron chi connectivity index (χ4n) is 1.81. The Morgan fingerprint density at radius 3 is 2.72 bits per heavy atom. The van der Waals surface area contributed by atoms with Crippen LogP contribution in [0.4, 0.5) is 0 Å². The lowest BCUT2D eigenvalue weighted by Crippen LogP contribution is -2.37. The van der Waals surface area contributed by atoms with E-state index in [4.69, 9.17) is 17.3 Å². The van der Waals surface area contributed by atoms with Crippen molar-refractivity contribution in [3.8, 4) is 0 Å². The molecular formula is C12H20BrClN2S2. The van der Waals surface area contributed by atoms with E-state index < -0.39 is 0 Å². The van der Waals surface area contributed by atoms with E-state index in [-0.39, 0.29) is 6.04 Å². The highest BCUT2D eigenvalue weighted by Gasteiger charge is 2.22. The maximum absolute atomic E-state index is 6.11. The quantitative estimate of drug-likeness (QED) is 0.777. The van der Waals surface area contributed by atoms with Crippen molar-refractivity contribution in [1.82, 2.24) is 4.90 Å². The molecule has 0 spiro atoms. The van der Waals surface area contributed by atoms with E-state index in [1.165, 1.54) is 17.1 Å². The first-order chi connectivity index (χ1) is 8.51. The molecule has 0 aliphatic carbocycles. The highest BCUT2D eigenvalue weighted by molar-refractivity contribution is 9.10. The van der Waals surface area contributed by atoms with Crippen LogP contribution in [0.15, 0.2) is 10.5 Å². The van der Waals surface area contributed by atoms with E-state index in [1.807, 2.05) is 11.8 Å². The first-order valence-electron chi connectivity index (χ1n) is 5.86. The molecule has 0 fully saturated rings. The molecule has 2 atom stereocenters. The zero-order valence-electron chi connectivity index (χ0n) is 11.0. The van der Waals surface area contributed by atoms with E-state index in [2.05, 4.69) is 47.1 Å². The Kier molecular flexibility index (Phi) is 7.58. The second-order valence-electron chi connectivity index (χ2n) is 4.32. The molecule has 0 radical (unpaired) electrons. The normalized spacial score (nSPS) is 15.1. The molecule has 0 bridgehead atoms. The molecule has 0 aliphatic rings. The third-order valence-electron chi connectivity index (χ3n) is 3.14. The van der Waals surface area contributed by atoms with Crippen LogP contribution in [0.3, 0.4) is 0 Å².